The second-order valence-corrected chi connectivity index (χ2v) is 15.8. The summed E-state index contributed by atoms with van der Waals surface area (Å²) in [7, 11) is 0. The molecule has 9 aromatic carbocycles. The van der Waals surface area contributed by atoms with E-state index in [2.05, 4.69) is 240 Å². The van der Waals surface area contributed by atoms with E-state index >= 15 is 0 Å². The van der Waals surface area contributed by atoms with Crippen LogP contribution in [-0.4, -0.2) is 19.1 Å². The highest BCUT2D eigenvalue weighted by Gasteiger charge is 2.16. The van der Waals surface area contributed by atoms with Crippen molar-refractivity contribution < 1.29 is 0 Å². The zero-order chi connectivity index (χ0) is 41.0. The molecule has 0 saturated carbocycles. The number of hydrogen-bond donors (Lipinski definition) is 0. The van der Waals surface area contributed by atoms with E-state index in [1.807, 2.05) is 0 Å². The van der Waals surface area contributed by atoms with Crippen molar-refractivity contribution in [1.29, 1.82) is 0 Å². The molecule has 0 unspecified atom stereocenters. The van der Waals surface area contributed by atoms with E-state index in [-0.39, 0.29) is 0 Å². The maximum absolute atomic E-state index is 5.32. The molecular weight excluding hydrogens is 753 g/mol. The standard InChI is InChI=1S/C58H38N4/c1-2-14-39(15-3-1)43-16-12-17-44(36-43)40-28-30-41(31-29-40)52-38-53(45-18-13-19-47(37-45)62-56-26-10-6-22-50(56)51-23-7-11-27-57(51)62)60-58(59-52)42-32-34-46(35-33-42)61-54-24-8-4-20-48(54)49-21-5-9-25-55(49)61/h1-38H. The third kappa shape index (κ3) is 6.08. The van der Waals surface area contributed by atoms with E-state index < -0.39 is 0 Å². The summed E-state index contributed by atoms with van der Waals surface area (Å²) < 4.78 is 4.70. The summed E-state index contributed by atoms with van der Waals surface area (Å²) in [5, 5.41) is 4.95. The maximum atomic E-state index is 5.32. The van der Waals surface area contributed by atoms with Gasteiger partial charge >= 0.3 is 0 Å². The minimum Gasteiger partial charge on any atom is -0.309 e. The molecule has 0 fully saturated rings. The van der Waals surface area contributed by atoms with E-state index in [1.54, 1.807) is 0 Å². The fourth-order valence-electron chi connectivity index (χ4n) is 9.18. The summed E-state index contributed by atoms with van der Waals surface area (Å²) >= 11 is 0. The van der Waals surface area contributed by atoms with Gasteiger partial charge in [0.15, 0.2) is 5.82 Å². The third-order valence-electron chi connectivity index (χ3n) is 12.2. The molecule has 4 heteroatoms. The Kier molecular flexibility index (Phi) is 8.46. The van der Waals surface area contributed by atoms with E-state index in [9.17, 15) is 0 Å². The molecule has 0 spiro atoms. The highest BCUT2D eigenvalue weighted by Crippen LogP contribution is 2.36. The number of benzene rings is 9. The van der Waals surface area contributed by atoms with E-state index in [1.165, 1.54) is 60.3 Å². The molecule has 62 heavy (non-hydrogen) atoms. The molecule has 0 amide bonds. The lowest BCUT2D eigenvalue weighted by molar-refractivity contribution is 1.16. The lowest BCUT2D eigenvalue weighted by Gasteiger charge is -2.13. The smallest absolute Gasteiger partial charge is 0.160 e. The zero-order valence-corrected chi connectivity index (χ0v) is 33.7. The molecule has 0 aliphatic heterocycles. The predicted molar refractivity (Wildman–Crippen MR) is 258 cm³/mol. The van der Waals surface area contributed by atoms with Gasteiger partial charge in [0.2, 0.25) is 0 Å². The molecule has 0 atom stereocenters. The van der Waals surface area contributed by atoms with Crippen LogP contribution in [0, 0.1) is 0 Å². The van der Waals surface area contributed by atoms with Crippen molar-refractivity contribution in [3.05, 3.63) is 231 Å². The van der Waals surface area contributed by atoms with E-state index in [0.29, 0.717) is 5.82 Å². The second kappa shape index (κ2) is 14.7. The van der Waals surface area contributed by atoms with E-state index in [4.69, 9.17) is 9.97 Å². The van der Waals surface area contributed by atoms with Gasteiger partial charge in [0.25, 0.3) is 0 Å². The van der Waals surface area contributed by atoms with Gasteiger partial charge in [-0.2, -0.15) is 0 Å². The zero-order valence-electron chi connectivity index (χ0n) is 33.7. The summed E-state index contributed by atoms with van der Waals surface area (Å²) in [5.41, 5.74) is 16.3. The van der Waals surface area contributed by atoms with Crippen LogP contribution in [0.2, 0.25) is 0 Å². The van der Waals surface area contributed by atoms with Gasteiger partial charge in [-0.05, 0) is 95.1 Å². The highest BCUT2D eigenvalue weighted by molar-refractivity contribution is 6.10. The molecule has 0 aliphatic carbocycles. The van der Waals surface area contributed by atoms with Crippen molar-refractivity contribution >= 4 is 43.6 Å². The molecule has 290 valence electrons. The Morgan fingerprint density at radius 3 is 1.21 bits per heavy atom. The molecule has 3 heterocycles. The number of hydrogen-bond acceptors (Lipinski definition) is 2. The SMILES string of the molecule is c1ccc(-c2cccc(-c3ccc(-c4cc(-c5cccc(-n6c7ccccc7c7ccccc76)c5)nc(-c5ccc(-n6c7ccccc7c7ccccc76)cc5)n4)cc3)c2)cc1. The van der Waals surface area contributed by atoms with Gasteiger partial charge in [-0.15, -0.1) is 0 Å². The molecule has 4 nitrogen and oxygen atoms in total. The van der Waals surface area contributed by atoms with Crippen molar-refractivity contribution in [1.82, 2.24) is 19.1 Å². The Morgan fingerprint density at radius 1 is 0.242 bits per heavy atom. The monoisotopic (exact) mass is 790 g/mol. The molecule has 12 aromatic rings. The predicted octanol–water partition coefficient (Wildman–Crippen LogP) is 15.0. The Hall–Kier alpha value is -8.34. The van der Waals surface area contributed by atoms with Crippen molar-refractivity contribution in [2.75, 3.05) is 0 Å². The van der Waals surface area contributed by atoms with Gasteiger partial charge in [0.1, 0.15) is 0 Å². The number of nitrogens with zero attached hydrogens (tertiary/aromatic N) is 4. The Balaban J connectivity index is 0.976. The molecule has 3 aromatic heterocycles. The van der Waals surface area contributed by atoms with Crippen LogP contribution in [0.5, 0.6) is 0 Å². The first-order valence-corrected chi connectivity index (χ1v) is 21.1. The summed E-state index contributed by atoms with van der Waals surface area (Å²) in [6.07, 6.45) is 0. The molecule has 0 bridgehead atoms. The minimum atomic E-state index is 0.674. The van der Waals surface area contributed by atoms with Gasteiger partial charge in [-0.1, -0.05) is 158 Å². The van der Waals surface area contributed by atoms with Crippen LogP contribution in [0.15, 0.2) is 231 Å². The summed E-state index contributed by atoms with van der Waals surface area (Å²) in [5.74, 6) is 0.674. The van der Waals surface area contributed by atoms with Gasteiger partial charge < -0.3 is 9.13 Å². The maximum Gasteiger partial charge on any atom is 0.160 e. The summed E-state index contributed by atoms with van der Waals surface area (Å²) in [6.45, 7) is 0. The van der Waals surface area contributed by atoms with Crippen LogP contribution in [0.25, 0.3) is 111 Å². The first-order valence-electron chi connectivity index (χ1n) is 21.1. The number of para-hydroxylation sites is 4. The normalized spacial score (nSPS) is 11.5. The minimum absolute atomic E-state index is 0.674. The van der Waals surface area contributed by atoms with Crippen molar-refractivity contribution in [3.8, 4) is 67.5 Å². The van der Waals surface area contributed by atoms with Gasteiger partial charge in [-0.3, -0.25) is 0 Å². The Labute approximate surface area is 359 Å². The van der Waals surface area contributed by atoms with Crippen LogP contribution < -0.4 is 0 Å². The van der Waals surface area contributed by atoms with Crippen LogP contribution in [0.3, 0.4) is 0 Å². The molecular formula is C58H38N4. The first-order chi connectivity index (χ1) is 30.7. The van der Waals surface area contributed by atoms with Crippen molar-refractivity contribution in [2.24, 2.45) is 0 Å². The quantitative estimate of drug-likeness (QED) is 0.161. The average Bonchev–Trinajstić information content (AvgIpc) is 3.87. The van der Waals surface area contributed by atoms with Crippen LogP contribution in [0.4, 0.5) is 0 Å². The van der Waals surface area contributed by atoms with Gasteiger partial charge in [-0.25, -0.2) is 9.97 Å². The third-order valence-corrected chi connectivity index (χ3v) is 12.2. The fourth-order valence-corrected chi connectivity index (χ4v) is 9.18. The van der Waals surface area contributed by atoms with Gasteiger partial charge in [0.05, 0.1) is 33.5 Å². The van der Waals surface area contributed by atoms with Crippen LogP contribution in [0.1, 0.15) is 0 Å². The second-order valence-electron chi connectivity index (χ2n) is 15.8. The lowest BCUT2D eigenvalue weighted by atomic mass is 9.98. The first kappa shape index (κ1) is 35.6. The molecule has 0 aliphatic rings. The number of aromatic nitrogens is 4. The lowest BCUT2D eigenvalue weighted by Crippen LogP contribution is -1.98. The Morgan fingerprint density at radius 2 is 0.645 bits per heavy atom. The molecule has 0 saturated heterocycles. The van der Waals surface area contributed by atoms with Crippen LogP contribution >= 0.6 is 0 Å². The van der Waals surface area contributed by atoms with Crippen molar-refractivity contribution in [3.63, 3.8) is 0 Å². The number of fused-ring (bicyclic) bond motifs is 6. The molecule has 0 radical (unpaired) electrons. The Bertz CT molecular complexity index is 3510. The van der Waals surface area contributed by atoms with Crippen molar-refractivity contribution in [2.45, 2.75) is 0 Å². The fraction of sp³-hybridized carbons (Fsp3) is 0. The van der Waals surface area contributed by atoms with Gasteiger partial charge in [0, 0.05) is 49.6 Å². The highest BCUT2D eigenvalue weighted by atomic mass is 15.0. The molecule has 12 rings (SSSR count). The van der Waals surface area contributed by atoms with E-state index in [0.717, 1.165) is 45.0 Å². The topological polar surface area (TPSA) is 35.6 Å². The summed E-state index contributed by atoms with van der Waals surface area (Å²) in [4.78, 5) is 10.6. The molecule has 0 N–H and O–H groups in total. The average molecular weight is 791 g/mol. The summed E-state index contributed by atoms with van der Waals surface area (Å²) in [6, 6.07) is 82.1. The largest absolute Gasteiger partial charge is 0.309 e. The van der Waals surface area contributed by atoms with Crippen LogP contribution in [-0.2, 0) is 0 Å². The number of rotatable bonds is 7.